The highest BCUT2D eigenvalue weighted by Crippen LogP contribution is 2.05. The van der Waals surface area contributed by atoms with Gasteiger partial charge in [-0.2, -0.15) is 12.6 Å². The van der Waals surface area contributed by atoms with Crippen molar-refractivity contribution in [2.45, 2.75) is 13.0 Å². The summed E-state index contributed by atoms with van der Waals surface area (Å²) in [4.78, 5) is 0. The molecule has 0 bridgehead atoms. The van der Waals surface area contributed by atoms with Gasteiger partial charge in [0.15, 0.2) is 0 Å². The average Bonchev–Trinajstić information content (AvgIpc) is 2.06. The van der Waals surface area contributed by atoms with Crippen LogP contribution in [0.5, 0.6) is 0 Å². The molecule has 0 atom stereocenters. The molecule has 0 saturated heterocycles. The number of hydrogen-bond acceptors (Lipinski definition) is 2. The topological polar surface area (TPSA) is 26.0 Å². The summed E-state index contributed by atoms with van der Waals surface area (Å²) >= 11 is 4.16. The van der Waals surface area contributed by atoms with Gasteiger partial charge in [0, 0.05) is 6.54 Å². The van der Waals surface area contributed by atoms with E-state index in [1.54, 1.807) is 0 Å². The third-order valence-electron chi connectivity index (χ3n) is 1.63. The zero-order chi connectivity index (χ0) is 8.10. The molecule has 2 N–H and O–H groups in total. The summed E-state index contributed by atoms with van der Waals surface area (Å²) in [5, 5.41) is 0. The third kappa shape index (κ3) is 2.56. The third-order valence-corrected chi connectivity index (χ3v) is 1.85. The van der Waals surface area contributed by atoms with Crippen LogP contribution in [-0.4, -0.2) is 5.75 Å². The smallest absolute Gasteiger partial charge is 0.0178 e. The van der Waals surface area contributed by atoms with E-state index in [0.29, 0.717) is 6.54 Å². The van der Waals surface area contributed by atoms with E-state index in [1.165, 1.54) is 11.1 Å². The highest BCUT2D eigenvalue weighted by molar-refractivity contribution is 7.80. The van der Waals surface area contributed by atoms with Crippen molar-refractivity contribution in [3.8, 4) is 0 Å². The average molecular weight is 167 g/mol. The Bertz CT molecular complexity index is 223. The van der Waals surface area contributed by atoms with Gasteiger partial charge in [-0.1, -0.05) is 24.3 Å². The molecule has 0 aromatic heterocycles. The summed E-state index contributed by atoms with van der Waals surface area (Å²) in [5.41, 5.74) is 8.02. The van der Waals surface area contributed by atoms with Crippen molar-refractivity contribution in [1.82, 2.24) is 0 Å². The van der Waals surface area contributed by atoms with Gasteiger partial charge in [-0.25, -0.2) is 0 Å². The predicted octanol–water partition coefficient (Wildman–Crippen LogP) is 1.62. The molecule has 0 aliphatic heterocycles. The highest BCUT2D eigenvalue weighted by Gasteiger charge is 1.92. The highest BCUT2D eigenvalue weighted by atomic mass is 32.1. The van der Waals surface area contributed by atoms with Gasteiger partial charge in [0.2, 0.25) is 0 Å². The van der Waals surface area contributed by atoms with E-state index < -0.39 is 0 Å². The van der Waals surface area contributed by atoms with Gasteiger partial charge in [0.1, 0.15) is 0 Å². The van der Waals surface area contributed by atoms with Crippen LogP contribution in [0.4, 0.5) is 0 Å². The van der Waals surface area contributed by atoms with Crippen LogP contribution in [0.3, 0.4) is 0 Å². The van der Waals surface area contributed by atoms with E-state index in [4.69, 9.17) is 5.73 Å². The molecule has 0 saturated carbocycles. The lowest BCUT2D eigenvalue weighted by Crippen LogP contribution is -1.97. The SMILES string of the molecule is NCc1cccc(CCS)c1. The standard InChI is InChI=1S/C9H13NS/c10-7-9-3-1-2-8(6-9)4-5-11/h1-3,6,11H,4-5,7,10H2. The number of hydrogen-bond donors (Lipinski definition) is 2. The molecule has 0 spiro atoms. The molecule has 60 valence electrons. The Morgan fingerprint density at radius 1 is 1.27 bits per heavy atom. The molecule has 1 aromatic carbocycles. The van der Waals surface area contributed by atoms with Crippen molar-refractivity contribution in [3.63, 3.8) is 0 Å². The second-order valence-electron chi connectivity index (χ2n) is 2.50. The van der Waals surface area contributed by atoms with Gasteiger partial charge < -0.3 is 5.73 Å². The summed E-state index contributed by atoms with van der Waals surface area (Å²) in [7, 11) is 0. The van der Waals surface area contributed by atoms with Crippen molar-refractivity contribution < 1.29 is 0 Å². The first kappa shape index (κ1) is 8.62. The van der Waals surface area contributed by atoms with Crippen LogP contribution in [0.15, 0.2) is 24.3 Å². The molecule has 0 amide bonds. The van der Waals surface area contributed by atoms with Crippen LogP contribution in [0, 0.1) is 0 Å². The Morgan fingerprint density at radius 2 is 2.00 bits per heavy atom. The molecule has 1 nitrogen and oxygen atoms in total. The Morgan fingerprint density at radius 3 is 2.64 bits per heavy atom. The van der Waals surface area contributed by atoms with E-state index in [0.717, 1.165) is 12.2 Å². The first-order chi connectivity index (χ1) is 5.36. The van der Waals surface area contributed by atoms with Crippen molar-refractivity contribution in [2.75, 3.05) is 5.75 Å². The molecule has 0 unspecified atom stereocenters. The van der Waals surface area contributed by atoms with Crippen molar-refractivity contribution in [2.24, 2.45) is 5.73 Å². The number of benzene rings is 1. The quantitative estimate of drug-likeness (QED) is 0.657. The lowest BCUT2D eigenvalue weighted by Gasteiger charge is -2.00. The summed E-state index contributed by atoms with van der Waals surface area (Å²) < 4.78 is 0. The first-order valence-corrected chi connectivity index (χ1v) is 4.39. The second kappa shape index (κ2) is 4.42. The van der Waals surface area contributed by atoms with Crippen LogP contribution in [0.2, 0.25) is 0 Å². The minimum atomic E-state index is 0.625. The zero-order valence-corrected chi connectivity index (χ0v) is 7.35. The van der Waals surface area contributed by atoms with Gasteiger partial charge in [0.05, 0.1) is 0 Å². The predicted molar refractivity (Wildman–Crippen MR) is 51.9 cm³/mol. The van der Waals surface area contributed by atoms with Crippen molar-refractivity contribution in [3.05, 3.63) is 35.4 Å². The summed E-state index contributed by atoms with van der Waals surface area (Å²) in [6.45, 7) is 0.625. The lowest BCUT2D eigenvalue weighted by molar-refractivity contribution is 1.05. The molecular formula is C9H13NS. The second-order valence-corrected chi connectivity index (χ2v) is 2.94. The minimum Gasteiger partial charge on any atom is -0.326 e. The zero-order valence-electron chi connectivity index (χ0n) is 6.46. The minimum absolute atomic E-state index is 0.625. The number of nitrogens with two attached hydrogens (primary N) is 1. The van der Waals surface area contributed by atoms with E-state index in [2.05, 4.69) is 24.8 Å². The van der Waals surface area contributed by atoms with Gasteiger partial charge in [-0.15, -0.1) is 0 Å². The van der Waals surface area contributed by atoms with Gasteiger partial charge in [-0.05, 0) is 23.3 Å². The molecule has 0 fully saturated rings. The van der Waals surface area contributed by atoms with E-state index >= 15 is 0 Å². The molecule has 11 heavy (non-hydrogen) atoms. The summed E-state index contributed by atoms with van der Waals surface area (Å²) in [5.74, 6) is 0.897. The van der Waals surface area contributed by atoms with Gasteiger partial charge in [0.25, 0.3) is 0 Å². The van der Waals surface area contributed by atoms with E-state index in [-0.39, 0.29) is 0 Å². The van der Waals surface area contributed by atoms with Crippen molar-refractivity contribution in [1.29, 1.82) is 0 Å². The Kier molecular flexibility index (Phi) is 3.46. The van der Waals surface area contributed by atoms with Gasteiger partial charge in [-0.3, -0.25) is 0 Å². The fourth-order valence-corrected chi connectivity index (χ4v) is 1.30. The lowest BCUT2D eigenvalue weighted by atomic mass is 10.1. The van der Waals surface area contributed by atoms with E-state index in [1.807, 2.05) is 12.1 Å². The molecule has 2 heteroatoms. The number of thiol groups is 1. The Hall–Kier alpha value is -0.470. The molecule has 0 aliphatic carbocycles. The maximum Gasteiger partial charge on any atom is 0.0178 e. The largest absolute Gasteiger partial charge is 0.326 e. The first-order valence-electron chi connectivity index (χ1n) is 3.75. The van der Waals surface area contributed by atoms with Gasteiger partial charge >= 0.3 is 0 Å². The molecule has 0 radical (unpaired) electrons. The van der Waals surface area contributed by atoms with E-state index in [9.17, 15) is 0 Å². The van der Waals surface area contributed by atoms with Crippen LogP contribution < -0.4 is 5.73 Å². The van der Waals surface area contributed by atoms with Crippen LogP contribution in [0.1, 0.15) is 11.1 Å². The molecule has 0 heterocycles. The van der Waals surface area contributed by atoms with Crippen LogP contribution in [-0.2, 0) is 13.0 Å². The molecule has 0 aliphatic rings. The molecule has 1 rings (SSSR count). The monoisotopic (exact) mass is 167 g/mol. The molecular weight excluding hydrogens is 154 g/mol. The van der Waals surface area contributed by atoms with Crippen LogP contribution in [0.25, 0.3) is 0 Å². The van der Waals surface area contributed by atoms with Crippen LogP contribution >= 0.6 is 12.6 Å². The number of rotatable bonds is 3. The summed E-state index contributed by atoms with van der Waals surface area (Å²) in [6, 6.07) is 8.33. The number of aryl methyl sites for hydroxylation is 1. The fraction of sp³-hybridized carbons (Fsp3) is 0.333. The normalized spacial score (nSPS) is 10.0. The maximum absolute atomic E-state index is 5.50. The molecule has 1 aromatic rings. The Labute approximate surface area is 73.0 Å². The Balaban J connectivity index is 2.74. The van der Waals surface area contributed by atoms with Crippen molar-refractivity contribution >= 4 is 12.6 Å². The summed E-state index contributed by atoms with van der Waals surface area (Å²) in [6.07, 6.45) is 1.02. The maximum atomic E-state index is 5.50. The fourth-order valence-electron chi connectivity index (χ4n) is 1.04.